The van der Waals surface area contributed by atoms with Crippen molar-refractivity contribution in [2.24, 2.45) is 0 Å². The van der Waals surface area contributed by atoms with Crippen LogP contribution in [-0.4, -0.2) is 26.8 Å². The average Bonchev–Trinajstić information content (AvgIpc) is 3.11. The van der Waals surface area contributed by atoms with Gasteiger partial charge in [0, 0.05) is 10.9 Å². The number of thiazole rings is 1. The van der Waals surface area contributed by atoms with Crippen molar-refractivity contribution in [2.45, 2.75) is 6.92 Å². The van der Waals surface area contributed by atoms with Gasteiger partial charge in [0.15, 0.2) is 10.8 Å². The summed E-state index contributed by atoms with van der Waals surface area (Å²) in [5, 5.41) is 9.46. The zero-order valence-corrected chi connectivity index (χ0v) is 11.1. The van der Waals surface area contributed by atoms with Gasteiger partial charge in [-0.3, -0.25) is 5.10 Å². The molecule has 3 aromatic rings. The van der Waals surface area contributed by atoms with Crippen molar-refractivity contribution in [2.75, 3.05) is 6.61 Å². The molecule has 0 amide bonds. The number of H-pyrrole nitrogens is 1. The van der Waals surface area contributed by atoms with E-state index in [0.29, 0.717) is 12.4 Å². The van der Waals surface area contributed by atoms with Gasteiger partial charge in [-0.1, -0.05) is 12.1 Å². The van der Waals surface area contributed by atoms with E-state index >= 15 is 0 Å². The molecule has 0 aliphatic rings. The standard InChI is InChI=1S/C13H12N4OS/c1-2-18-11-6-4-3-5-9(11)10-7-19-13(16-10)12-14-8-15-17-12/h3-8H,2H2,1H3,(H,14,15,17). The number of benzene rings is 1. The van der Waals surface area contributed by atoms with E-state index in [0.717, 1.165) is 22.0 Å². The Bertz CT molecular complexity index is 663. The average molecular weight is 272 g/mol. The molecule has 0 saturated carbocycles. The molecule has 5 nitrogen and oxygen atoms in total. The Morgan fingerprint density at radius 1 is 1.32 bits per heavy atom. The second-order valence-electron chi connectivity index (χ2n) is 3.80. The van der Waals surface area contributed by atoms with Gasteiger partial charge in [0.05, 0.1) is 12.3 Å². The van der Waals surface area contributed by atoms with Crippen LogP contribution in [0.25, 0.3) is 22.1 Å². The molecule has 0 atom stereocenters. The smallest absolute Gasteiger partial charge is 0.184 e. The Hall–Kier alpha value is -2.21. The van der Waals surface area contributed by atoms with Crippen LogP contribution in [0.1, 0.15) is 6.92 Å². The third kappa shape index (κ3) is 2.34. The lowest BCUT2D eigenvalue weighted by Gasteiger charge is -2.07. The molecule has 3 rings (SSSR count). The summed E-state index contributed by atoms with van der Waals surface area (Å²) in [6.07, 6.45) is 1.48. The molecule has 0 bridgehead atoms. The summed E-state index contributed by atoms with van der Waals surface area (Å²) in [4.78, 5) is 8.67. The largest absolute Gasteiger partial charge is 0.493 e. The lowest BCUT2D eigenvalue weighted by molar-refractivity contribution is 0.341. The van der Waals surface area contributed by atoms with Crippen LogP contribution in [0.15, 0.2) is 36.0 Å². The highest BCUT2D eigenvalue weighted by molar-refractivity contribution is 7.13. The van der Waals surface area contributed by atoms with Gasteiger partial charge in [0.25, 0.3) is 0 Å². The topological polar surface area (TPSA) is 63.7 Å². The molecule has 2 aromatic heterocycles. The molecule has 0 saturated heterocycles. The number of hydrogen-bond donors (Lipinski definition) is 1. The third-order valence-corrected chi connectivity index (χ3v) is 3.43. The van der Waals surface area contributed by atoms with Gasteiger partial charge in [-0.25, -0.2) is 9.97 Å². The fourth-order valence-corrected chi connectivity index (χ4v) is 2.54. The zero-order valence-electron chi connectivity index (χ0n) is 10.3. The van der Waals surface area contributed by atoms with Gasteiger partial charge in [-0.05, 0) is 19.1 Å². The van der Waals surface area contributed by atoms with E-state index in [1.165, 1.54) is 17.7 Å². The van der Waals surface area contributed by atoms with E-state index in [9.17, 15) is 0 Å². The van der Waals surface area contributed by atoms with E-state index < -0.39 is 0 Å². The summed E-state index contributed by atoms with van der Waals surface area (Å²) < 4.78 is 5.62. The molecule has 1 aromatic carbocycles. The molecule has 2 heterocycles. The summed E-state index contributed by atoms with van der Waals surface area (Å²) in [7, 11) is 0. The molecule has 0 aliphatic carbocycles. The van der Waals surface area contributed by atoms with Gasteiger partial charge >= 0.3 is 0 Å². The normalized spacial score (nSPS) is 10.6. The highest BCUT2D eigenvalue weighted by atomic mass is 32.1. The molecule has 0 radical (unpaired) electrons. The van der Waals surface area contributed by atoms with Crippen LogP contribution in [0.4, 0.5) is 0 Å². The minimum absolute atomic E-state index is 0.635. The summed E-state index contributed by atoms with van der Waals surface area (Å²) in [6.45, 7) is 2.61. The van der Waals surface area contributed by atoms with Crippen LogP contribution >= 0.6 is 11.3 Å². The molecule has 19 heavy (non-hydrogen) atoms. The Kier molecular flexibility index (Phi) is 3.24. The van der Waals surface area contributed by atoms with E-state index in [4.69, 9.17) is 4.74 Å². The Balaban J connectivity index is 1.99. The first-order valence-electron chi connectivity index (χ1n) is 5.92. The summed E-state index contributed by atoms with van der Waals surface area (Å²) >= 11 is 1.53. The minimum atomic E-state index is 0.635. The third-order valence-electron chi connectivity index (χ3n) is 2.58. The number of nitrogens with zero attached hydrogens (tertiary/aromatic N) is 3. The van der Waals surface area contributed by atoms with Crippen LogP contribution in [0.3, 0.4) is 0 Å². The predicted molar refractivity (Wildman–Crippen MR) is 74.1 cm³/mol. The second-order valence-corrected chi connectivity index (χ2v) is 4.66. The van der Waals surface area contributed by atoms with E-state index in [-0.39, 0.29) is 0 Å². The first-order chi connectivity index (χ1) is 9.38. The Morgan fingerprint density at radius 2 is 2.21 bits per heavy atom. The maximum atomic E-state index is 5.62. The van der Waals surface area contributed by atoms with Crippen LogP contribution in [0.5, 0.6) is 5.75 Å². The van der Waals surface area contributed by atoms with Gasteiger partial charge in [-0.15, -0.1) is 11.3 Å². The Morgan fingerprint density at radius 3 is 3.00 bits per heavy atom. The number of aromatic amines is 1. The highest BCUT2D eigenvalue weighted by Crippen LogP contribution is 2.32. The molecular weight excluding hydrogens is 260 g/mol. The van der Waals surface area contributed by atoms with Crippen LogP contribution in [-0.2, 0) is 0 Å². The predicted octanol–water partition coefficient (Wildman–Crippen LogP) is 2.99. The van der Waals surface area contributed by atoms with Crippen molar-refractivity contribution in [3.8, 4) is 27.8 Å². The molecular formula is C13H12N4OS. The van der Waals surface area contributed by atoms with E-state index in [1.54, 1.807) is 0 Å². The second kappa shape index (κ2) is 5.19. The number of ether oxygens (including phenoxy) is 1. The fourth-order valence-electron chi connectivity index (χ4n) is 1.77. The molecule has 0 spiro atoms. The minimum Gasteiger partial charge on any atom is -0.493 e. The van der Waals surface area contributed by atoms with Crippen molar-refractivity contribution < 1.29 is 4.74 Å². The molecule has 0 unspecified atom stereocenters. The molecule has 1 N–H and O–H groups in total. The van der Waals surface area contributed by atoms with E-state index in [1.807, 2.05) is 36.6 Å². The lowest BCUT2D eigenvalue weighted by Crippen LogP contribution is -1.93. The van der Waals surface area contributed by atoms with Crippen molar-refractivity contribution in [1.82, 2.24) is 20.2 Å². The molecule has 96 valence electrons. The van der Waals surface area contributed by atoms with Crippen molar-refractivity contribution in [1.29, 1.82) is 0 Å². The summed E-state index contributed by atoms with van der Waals surface area (Å²) in [5.41, 5.74) is 1.88. The number of aromatic nitrogens is 4. The monoisotopic (exact) mass is 272 g/mol. The number of hydrogen-bond acceptors (Lipinski definition) is 5. The van der Waals surface area contributed by atoms with Crippen LogP contribution < -0.4 is 4.74 Å². The van der Waals surface area contributed by atoms with Gasteiger partial charge in [0.1, 0.15) is 12.1 Å². The number of nitrogens with one attached hydrogen (secondary N) is 1. The van der Waals surface area contributed by atoms with Crippen LogP contribution in [0.2, 0.25) is 0 Å². The number of para-hydroxylation sites is 1. The maximum Gasteiger partial charge on any atom is 0.184 e. The first-order valence-corrected chi connectivity index (χ1v) is 6.80. The van der Waals surface area contributed by atoms with Gasteiger partial charge in [0.2, 0.25) is 0 Å². The van der Waals surface area contributed by atoms with Crippen molar-refractivity contribution in [3.63, 3.8) is 0 Å². The zero-order chi connectivity index (χ0) is 13.1. The SMILES string of the molecule is CCOc1ccccc1-c1csc(-c2ncn[nH]2)n1. The molecule has 0 aliphatic heterocycles. The molecule has 6 heteroatoms. The van der Waals surface area contributed by atoms with Crippen molar-refractivity contribution >= 4 is 11.3 Å². The van der Waals surface area contributed by atoms with E-state index in [2.05, 4.69) is 20.2 Å². The summed E-state index contributed by atoms with van der Waals surface area (Å²) in [6, 6.07) is 7.89. The number of rotatable bonds is 4. The maximum absolute atomic E-state index is 5.62. The fraction of sp³-hybridized carbons (Fsp3) is 0.154. The Labute approximate surface area is 114 Å². The lowest BCUT2D eigenvalue weighted by atomic mass is 10.1. The first kappa shape index (κ1) is 11.9. The summed E-state index contributed by atoms with van der Waals surface area (Å²) in [5.74, 6) is 1.53. The van der Waals surface area contributed by atoms with Gasteiger partial charge in [-0.2, -0.15) is 5.10 Å². The molecule has 0 fully saturated rings. The quantitative estimate of drug-likeness (QED) is 0.793. The highest BCUT2D eigenvalue weighted by Gasteiger charge is 2.11. The van der Waals surface area contributed by atoms with Gasteiger partial charge < -0.3 is 4.74 Å². The van der Waals surface area contributed by atoms with Crippen molar-refractivity contribution in [3.05, 3.63) is 36.0 Å². The van der Waals surface area contributed by atoms with Crippen LogP contribution in [0, 0.1) is 0 Å².